The van der Waals surface area contributed by atoms with Crippen LogP contribution in [-0.2, 0) is 29.0 Å². The van der Waals surface area contributed by atoms with Crippen LogP contribution >= 0.6 is 0 Å². The van der Waals surface area contributed by atoms with Crippen molar-refractivity contribution in [2.45, 2.75) is 32.4 Å². The summed E-state index contributed by atoms with van der Waals surface area (Å²) in [5.41, 5.74) is 3.48. The van der Waals surface area contributed by atoms with Crippen molar-refractivity contribution in [3.05, 3.63) is 108 Å². The van der Waals surface area contributed by atoms with E-state index in [0.29, 0.717) is 30.0 Å². The summed E-state index contributed by atoms with van der Waals surface area (Å²) in [7, 11) is 3.06. The molecule has 10 nitrogen and oxygen atoms in total. The van der Waals surface area contributed by atoms with Crippen LogP contribution in [0.3, 0.4) is 0 Å². The van der Waals surface area contributed by atoms with E-state index in [4.69, 9.17) is 14.9 Å². The van der Waals surface area contributed by atoms with Crippen LogP contribution in [0.5, 0.6) is 11.5 Å². The van der Waals surface area contributed by atoms with Gasteiger partial charge in [0.1, 0.15) is 11.9 Å². The predicted octanol–water partition coefficient (Wildman–Crippen LogP) is 3.31. The average molecular weight is 555 g/mol. The summed E-state index contributed by atoms with van der Waals surface area (Å²) < 4.78 is 12.5. The predicted molar refractivity (Wildman–Crippen MR) is 156 cm³/mol. The van der Waals surface area contributed by atoms with E-state index in [1.807, 2.05) is 72.3 Å². The lowest BCUT2D eigenvalue weighted by Gasteiger charge is -2.20. The minimum atomic E-state index is -0.787. The number of nitrogens with zero attached hydrogens (tertiary/aromatic N) is 2. The van der Waals surface area contributed by atoms with E-state index in [-0.39, 0.29) is 18.3 Å². The maximum Gasteiger partial charge on any atom is 0.243 e. The highest BCUT2D eigenvalue weighted by Gasteiger charge is 2.21. The third-order valence-electron chi connectivity index (χ3n) is 6.48. The molecule has 1 heterocycles. The quantitative estimate of drug-likeness (QED) is 0.166. The molecule has 0 bridgehead atoms. The van der Waals surface area contributed by atoms with E-state index in [1.54, 1.807) is 31.5 Å². The van der Waals surface area contributed by atoms with Crippen molar-refractivity contribution >= 4 is 17.8 Å². The summed E-state index contributed by atoms with van der Waals surface area (Å²) >= 11 is 0. The summed E-state index contributed by atoms with van der Waals surface area (Å²) in [4.78, 5) is 30.3. The van der Waals surface area contributed by atoms with Crippen molar-refractivity contribution in [3.63, 3.8) is 0 Å². The molecule has 0 spiro atoms. The highest BCUT2D eigenvalue weighted by atomic mass is 16.5. The molecule has 0 unspecified atom stereocenters. The van der Waals surface area contributed by atoms with Gasteiger partial charge < -0.3 is 24.7 Å². The first-order valence-electron chi connectivity index (χ1n) is 13.1. The molecule has 10 heteroatoms. The first kappa shape index (κ1) is 28.9. The van der Waals surface area contributed by atoms with Crippen LogP contribution in [0.2, 0.25) is 0 Å². The second-order valence-corrected chi connectivity index (χ2v) is 9.41. The summed E-state index contributed by atoms with van der Waals surface area (Å²) in [5.74, 6) is 0.979. The number of rotatable bonds is 11. The van der Waals surface area contributed by atoms with Crippen molar-refractivity contribution in [2.75, 3.05) is 14.2 Å². The molecule has 2 amide bonds. The van der Waals surface area contributed by atoms with E-state index in [0.717, 1.165) is 22.6 Å². The lowest BCUT2D eigenvalue weighted by molar-refractivity contribution is -0.123. The molecule has 0 aliphatic heterocycles. The summed E-state index contributed by atoms with van der Waals surface area (Å²) in [6, 6.07) is 21.8. The Hall–Kier alpha value is -5.12. The van der Waals surface area contributed by atoms with Crippen LogP contribution in [0.1, 0.15) is 22.5 Å². The Morgan fingerprint density at radius 3 is 2.39 bits per heavy atom. The van der Waals surface area contributed by atoms with Crippen LogP contribution < -0.4 is 25.4 Å². The molecular weight excluding hydrogens is 520 g/mol. The maximum absolute atomic E-state index is 13.3. The van der Waals surface area contributed by atoms with Crippen molar-refractivity contribution in [3.8, 4) is 17.2 Å². The van der Waals surface area contributed by atoms with E-state index < -0.39 is 11.9 Å². The molecule has 0 aliphatic rings. The van der Waals surface area contributed by atoms with Gasteiger partial charge in [0.05, 0.1) is 20.6 Å². The fourth-order valence-corrected chi connectivity index (χ4v) is 4.41. The summed E-state index contributed by atoms with van der Waals surface area (Å²) in [6.07, 6.45) is 3.98. The Kier molecular flexibility index (Phi) is 9.71. The lowest BCUT2D eigenvalue weighted by atomic mass is 10.1. The van der Waals surface area contributed by atoms with Gasteiger partial charge in [-0.25, -0.2) is 4.98 Å². The standard InChI is InChI=1S/C31H34N6O4/c1-21-33-14-15-37(21)25-11-7-10-24(16-25)20-34-30(39)26(17-22-8-5-4-6-9-22)35-31(32)36-29(38)19-23-12-13-27(40-2)28(18-23)41-3/h4-16,18,26H,17,19-20H2,1-3H3,(H,34,39)(H3,32,35,36,38)/t26-/m1/s1. The smallest absolute Gasteiger partial charge is 0.243 e. The number of carbonyl (C=O) groups excluding carboxylic acids is 2. The molecule has 0 aliphatic carbocycles. The zero-order valence-corrected chi connectivity index (χ0v) is 23.3. The number of carbonyl (C=O) groups is 2. The van der Waals surface area contributed by atoms with E-state index in [2.05, 4.69) is 20.9 Å². The minimum absolute atomic E-state index is 0.0205. The molecule has 1 atom stereocenters. The Morgan fingerprint density at radius 2 is 1.68 bits per heavy atom. The van der Waals surface area contributed by atoms with Crippen molar-refractivity contribution < 1.29 is 19.1 Å². The Bertz CT molecular complexity index is 1500. The van der Waals surface area contributed by atoms with Crippen molar-refractivity contribution in [2.24, 2.45) is 0 Å². The molecule has 4 rings (SSSR count). The third kappa shape index (κ3) is 7.95. The Morgan fingerprint density at radius 1 is 0.927 bits per heavy atom. The van der Waals surface area contributed by atoms with Gasteiger partial charge in [0, 0.05) is 31.0 Å². The lowest BCUT2D eigenvalue weighted by Crippen LogP contribution is -2.52. The number of hydrogen-bond acceptors (Lipinski definition) is 6. The van der Waals surface area contributed by atoms with Crippen molar-refractivity contribution in [1.29, 1.82) is 5.41 Å². The highest BCUT2D eigenvalue weighted by molar-refractivity contribution is 5.98. The van der Waals surface area contributed by atoms with Crippen molar-refractivity contribution in [1.82, 2.24) is 25.5 Å². The SMILES string of the molecule is COc1ccc(CC(=O)NC(=N)N[C@H](Cc2ccccc2)C(=O)NCc2cccc(-n3ccnc3C)c2)cc1OC. The number of ether oxygens (including phenoxy) is 2. The molecule has 0 saturated heterocycles. The molecule has 4 N–H and O–H groups in total. The van der Waals surface area contributed by atoms with Crippen LogP contribution in [0.15, 0.2) is 85.2 Å². The number of aromatic nitrogens is 2. The van der Waals surface area contributed by atoms with E-state index in [1.165, 1.54) is 7.11 Å². The molecule has 0 radical (unpaired) electrons. The molecule has 0 fully saturated rings. The number of aryl methyl sites for hydroxylation is 1. The van der Waals surface area contributed by atoms with Gasteiger partial charge >= 0.3 is 0 Å². The second kappa shape index (κ2) is 13.8. The third-order valence-corrected chi connectivity index (χ3v) is 6.48. The largest absolute Gasteiger partial charge is 0.493 e. The van der Waals surface area contributed by atoms with Crippen LogP contribution in [-0.4, -0.2) is 47.6 Å². The number of amides is 2. The van der Waals surface area contributed by atoms with Crippen LogP contribution in [0, 0.1) is 12.3 Å². The number of methoxy groups -OCH3 is 2. The zero-order valence-electron chi connectivity index (χ0n) is 23.3. The summed E-state index contributed by atoms with van der Waals surface area (Å²) in [6.45, 7) is 2.22. The molecular formula is C31H34N6O4. The van der Waals surface area contributed by atoms with Gasteiger partial charge in [0.25, 0.3) is 0 Å². The Labute approximate surface area is 239 Å². The normalized spacial score (nSPS) is 11.3. The molecule has 41 heavy (non-hydrogen) atoms. The Balaban J connectivity index is 1.39. The minimum Gasteiger partial charge on any atom is -0.493 e. The topological polar surface area (TPSA) is 130 Å². The van der Waals surface area contributed by atoms with Gasteiger partial charge in [0.2, 0.25) is 11.8 Å². The fourth-order valence-electron chi connectivity index (χ4n) is 4.41. The van der Waals surface area contributed by atoms with Gasteiger partial charge in [-0.05, 0) is 47.9 Å². The zero-order chi connectivity index (χ0) is 29.2. The molecule has 212 valence electrons. The first-order valence-corrected chi connectivity index (χ1v) is 13.1. The fraction of sp³-hybridized carbons (Fsp3) is 0.226. The maximum atomic E-state index is 13.3. The highest BCUT2D eigenvalue weighted by Crippen LogP contribution is 2.27. The number of benzene rings is 3. The number of nitrogens with one attached hydrogen (secondary N) is 4. The molecule has 1 aromatic heterocycles. The second-order valence-electron chi connectivity index (χ2n) is 9.41. The van der Waals surface area contributed by atoms with Crippen LogP contribution in [0.25, 0.3) is 5.69 Å². The molecule has 3 aromatic carbocycles. The van der Waals surface area contributed by atoms with Gasteiger partial charge in [-0.2, -0.15) is 0 Å². The number of guanidine groups is 1. The van der Waals surface area contributed by atoms with E-state index in [9.17, 15) is 9.59 Å². The van der Waals surface area contributed by atoms with Gasteiger partial charge in [-0.1, -0.05) is 48.5 Å². The monoisotopic (exact) mass is 554 g/mol. The van der Waals surface area contributed by atoms with Crippen LogP contribution in [0.4, 0.5) is 0 Å². The molecule has 0 saturated carbocycles. The number of imidazole rings is 1. The van der Waals surface area contributed by atoms with Gasteiger partial charge in [-0.15, -0.1) is 0 Å². The average Bonchev–Trinajstić information content (AvgIpc) is 3.41. The van der Waals surface area contributed by atoms with Gasteiger partial charge in [-0.3, -0.25) is 20.3 Å². The molecule has 4 aromatic rings. The van der Waals surface area contributed by atoms with Gasteiger partial charge in [0.15, 0.2) is 17.5 Å². The number of hydrogen-bond donors (Lipinski definition) is 4. The van der Waals surface area contributed by atoms with E-state index >= 15 is 0 Å². The first-order chi connectivity index (χ1) is 19.9. The summed E-state index contributed by atoms with van der Waals surface area (Å²) in [5, 5.41) is 16.8.